The predicted molar refractivity (Wildman–Crippen MR) is 86.3 cm³/mol. The Hall–Kier alpha value is -1.45. The van der Waals surface area contributed by atoms with Crippen molar-refractivity contribution < 1.29 is 4.42 Å². The molecule has 2 heterocycles. The van der Waals surface area contributed by atoms with Gasteiger partial charge in [-0.15, -0.1) is 11.6 Å². The van der Waals surface area contributed by atoms with E-state index in [0.717, 1.165) is 35.5 Å². The second kappa shape index (κ2) is 6.12. The zero-order valence-corrected chi connectivity index (χ0v) is 13.2. The van der Waals surface area contributed by atoms with Crippen LogP contribution < -0.4 is 0 Å². The highest BCUT2D eigenvalue weighted by molar-refractivity contribution is 6.31. The minimum Gasteiger partial charge on any atom is -0.469 e. The molecular formula is C16H16Cl2N2O. The molecule has 1 unspecified atom stereocenters. The van der Waals surface area contributed by atoms with Crippen molar-refractivity contribution in [3.05, 3.63) is 53.2 Å². The topological polar surface area (TPSA) is 31.0 Å². The number of aromatic nitrogens is 2. The van der Waals surface area contributed by atoms with Gasteiger partial charge in [0, 0.05) is 29.8 Å². The maximum atomic E-state index is 6.06. The normalized spacial score (nSPS) is 12.9. The van der Waals surface area contributed by atoms with Crippen molar-refractivity contribution in [3.8, 4) is 0 Å². The van der Waals surface area contributed by atoms with Crippen molar-refractivity contribution >= 4 is 34.2 Å². The van der Waals surface area contributed by atoms with Crippen LogP contribution in [0.5, 0.6) is 0 Å². The van der Waals surface area contributed by atoms with Gasteiger partial charge in [-0.05, 0) is 37.3 Å². The van der Waals surface area contributed by atoms with E-state index in [0.29, 0.717) is 10.9 Å². The highest BCUT2D eigenvalue weighted by atomic mass is 35.5. The second-order valence-electron chi connectivity index (χ2n) is 5.10. The van der Waals surface area contributed by atoms with E-state index in [-0.39, 0.29) is 6.04 Å². The molecule has 1 atom stereocenters. The minimum absolute atomic E-state index is 0.237. The summed E-state index contributed by atoms with van der Waals surface area (Å²) in [5.41, 5.74) is 1.99. The molecule has 0 spiro atoms. The van der Waals surface area contributed by atoms with Crippen LogP contribution in [0.25, 0.3) is 11.0 Å². The number of furan rings is 1. The fourth-order valence-electron chi connectivity index (χ4n) is 2.69. The maximum Gasteiger partial charge on any atom is 0.111 e. The van der Waals surface area contributed by atoms with Crippen LogP contribution in [0, 0.1) is 0 Å². The predicted octanol–water partition coefficient (Wildman–Crippen LogP) is 4.87. The molecule has 2 aromatic heterocycles. The first-order chi connectivity index (χ1) is 10.2. The van der Waals surface area contributed by atoms with E-state index >= 15 is 0 Å². The van der Waals surface area contributed by atoms with Crippen molar-refractivity contribution in [2.45, 2.75) is 25.8 Å². The first kappa shape index (κ1) is 14.5. The molecule has 0 radical (unpaired) electrons. The number of fused-ring (bicyclic) bond motifs is 1. The summed E-state index contributed by atoms with van der Waals surface area (Å²) in [5, 5.41) is 0.697. The number of nitrogens with zero attached hydrogens (tertiary/aromatic N) is 2. The van der Waals surface area contributed by atoms with Gasteiger partial charge >= 0.3 is 0 Å². The smallest absolute Gasteiger partial charge is 0.111 e. The summed E-state index contributed by atoms with van der Waals surface area (Å²) in [6.45, 7) is 2.16. The average molecular weight is 323 g/mol. The summed E-state index contributed by atoms with van der Waals surface area (Å²) in [7, 11) is 0. The van der Waals surface area contributed by atoms with Crippen molar-refractivity contribution in [3.63, 3.8) is 0 Å². The highest BCUT2D eigenvalue weighted by Gasteiger charge is 2.17. The molecule has 0 saturated heterocycles. The average Bonchev–Trinajstić information content (AvgIpc) is 3.05. The molecule has 0 N–H and O–H groups in total. The largest absolute Gasteiger partial charge is 0.469 e. The van der Waals surface area contributed by atoms with Gasteiger partial charge in [-0.25, -0.2) is 4.98 Å². The third-order valence-corrected chi connectivity index (χ3v) is 3.98. The summed E-state index contributed by atoms with van der Waals surface area (Å²) in [6, 6.07) is 9.94. The molecule has 1 aromatic carbocycles. The van der Waals surface area contributed by atoms with Crippen LogP contribution in [-0.4, -0.2) is 15.4 Å². The summed E-state index contributed by atoms with van der Waals surface area (Å²) in [4.78, 5) is 4.68. The Kier molecular flexibility index (Phi) is 4.22. The van der Waals surface area contributed by atoms with E-state index in [1.165, 1.54) is 0 Å². The van der Waals surface area contributed by atoms with Crippen LogP contribution >= 0.6 is 23.2 Å². The molecular weight excluding hydrogens is 307 g/mol. The Bertz CT molecular complexity index is 734. The lowest BCUT2D eigenvalue weighted by Gasteiger charge is -2.16. The first-order valence-corrected chi connectivity index (χ1v) is 7.85. The number of hydrogen-bond acceptors (Lipinski definition) is 2. The number of rotatable bonds is 5. The molecule has 21 heavy (non-hydrogen) atoms. The molecule has 0 aliphatic carbocycles. The van der Waals surface area contributed by atoms with Crippen molar-refractivity contribution in [2.75, 3.05) is 5.88 Å². The van der Waals surface area contributed by atoms with Crippen LogP contribution in [0.15, 0.2) is 41.0 Å². The van der Waals surface area contributed by atoms with Gasteiger partial charge in [-0.3, -0.25) is 0 Å². The molecule has 0 aliphatic heterocycles. The Morgan fingerprint density at radius 2 is 2.19 bits per heavy atom. The molecule has 0 amide bonds. The van der Waals surface area contributed by atoms with Crippen LogP contribution in [0.1, 0.15) is 24.6 Å². The van der Waals surface area contributed by atoms with E-state index in [1.54, 1.807) is 6.26 Å². The Balaban J connectivity index is 2.03. The van der Waals surface area contributed by atoms with Gasteiger partial charge < -0.3 is 8.98 Å². The van der Waals surface area contributed by atoms with Gasteiger partial charge in [-0.2, -0.15) is 0 Å². The van der Waals surface area contributed by atoms with Crippen molar-refractivity contribution in [2.24, 2.45) is 0 Å². The number of hydrogen-bond donors (Lipinski definition) is 0. The van der Waals surface area contributed by atoms with Crippen LogP contribution in [0.2, 0.25) is 5.02 Å². The number of aryl methyl sites for hydroxylation is 1. The van der Waals surface area contributed by atoms with Gasteiger partial charge in [0.25, 0.3) is 0 Å². The van der Waals surface area contributed by atoms with Crippen LogP contribution in [-0.2, 0) is 12.8 Å². The third kappa shape index (κ3) is 2.94. The summed E-state index contributed by atoms with van der Waals surface area (Å²) in [5.74, 6) is 2.50. The molecule has 0 bridgehead atoms. The van der Waals surface area contributed by atoms with Gasteiger partial charge in [0.1, 0.15) is 11.6 Å². The third-order valence-electron chi connectivity index (χ3n) is 3.56. The maximum absolute atomic E-state index is 6.06. The van der Waals surface area contributed by atoms with Crippen LogP contribution in [0.3, 0.4) is 0 Å². The Morgan fingerprint density at radius 1 is 1.33 bits per heavy atom. The zero-order valence-electron chi connectivity index (χ0n) is 11.7. The molecule has 3 nitrogen and oxygen atoms in total. The quantitative estimate of drug-likeness (QED) is 0.627. The lowest BCUT2D eigenvalue weighted by Crippen LogP contribution is -2.12. The Morgan fingerprint density at radius 3 is 2.90 bits per heavy atom. The fraction of sp³-hybridized carbons (Fsp3) is 0.312. The van der Waals surface area contributed by atoms with Gasteiger partial charge in [0.15, 0.2) is 0 Å². The number of benzene rings is 1. The number of halogens is 2. The molecule has 3 rings (SSSR count). The highest BCUT2D eigenvalue weighted by Crippen LogP contribution is 2.26. The van der Waals surface area contributed by atoms with E-state index in [4.69, 9.17) is 27.6 Å². The summed E-state index contributed by atoms with van der Waals surface area (Å²) in [6.07, 6.45) is 3.25. The second-order valence-corrected chi connectivity index (χ2v) is 5.92. The fourth-order valence-corrected chi connectivity index (χ4v) is 3.02. The molecule has 0 aliphatic rings. The molecule has 110 valence electrons. The van der Waals surface area contributed by atoms with Gasteiger partial charge in [0.2, 0.25) is 0 Å². The van der Waals surface area contributed by atoms with E-state index < -0.39 is 0 Å². The lowest BCUT2D eigenvalue weighted by atomic mass is 10.1. The van der Waals surface area contributed by atoms with E-state index in [9.17, 15) is 0 Å². The standard InChI is InChI=1S/C16H16Cl2N2O/c1-11(9-13-3-2-8-21-13)20-15-5-4-12(18)10-14(15)19-16(20)6-7-17/h2-5,8,10-11H,6-7,9H2,1H3. The minimum atomic E-state index is 0.237. The zero-order chi connectivity index (χ0) is 14.8. The van der Waals surface area contributed by atoms with Gasteiger partial charge in [-0.1, -0.05) is 11.6 Å². The first-order valence-electron chi connectivity index (χ1n) is 6.93. The molecule has 0 saturated carbocycles. The number of alkyl halides is 1. The number of imidazole rings is 1. The van der Waals surface area contributed by atoms with E-state index in [1.807, 2.05) is 30.3 Å². The summed E-state index contributed by atoms with van der Waals surface area (Å²) < 4.78 is 7.69. The SMILES string of the molecule is CC(Cc1ccco1)n1c(CCCl)nc2cc(Cl)ccc21. The Labute approximate surface area is 133 Å². The lowest BCUT2D eigenvalue weighted by molar-refractivity contribution is 0.447. The molecule has 3 aromatic rings. The molecule has 5 heteroatoms. The molecule has 0 fully saturated rings. The van der Waals surface area contributed by atoms with Crippen molar-refractivity contribution in [1.82, 2.24) is 9.55 Å². The summed E-state index contributed by atoms with van der Waals surface area (Å²) >= 11 is 12.0. The van der Waals surface area contributed by atoms with Gasteiger partial charge in [0.05, 0.1) is 17.3 Å². The van der Waals surface area contributed by atoms with Crippen molar-refractivity contribution in [1.29, 1.82) is 0 Å². The monoisotopic (exact) mass is 322 g/mol. The van der Waals surface area contributed by atoms with E-state index in [2.05, 4.69) is 16.5 Å². The van der Waals surface area contributed by atoms with Crippen LogP contribution in [0.4, 0.5) is 0 Å².